The van der Waals surface area contributed by atoms with E-state index >= 15 is 0 Å². The Balaban J connectivity index is 2.42. The third-order valence-corrected chi connectivity index (χ3v) is 2.81. The highest BCUT2D eigenvalue weighted by Crippen LogP contribution is 2.31. The van der Waals surface area contributed by atoms with E-state index in [1.807, 2.05) is 18.2 Å². The second-order valence-corrected chi connectivity index (χ2v) is 3.96. The summed E-state index contributed by atoms with van der Waals surface area (Å²) in [6.07, 6.45) is 2.13. The van der Waals surface area contributed by atoms with Gasteiger partial charge in [0.15, 0.2) is 0 Å². The van der Waals surface area contributed by atoms with E-state index in [0.717, 1.165) is 22.6 Å². The maximum atomic E-state index is 5.84. The number of anilines is 2. The van der Waals surface area contributed by atoms with Gasteiger partial charge in [-0.1, -0.05) is 6.07 Å². The molecule has 0 bridgehead atoms. The van der Waals surface area contributed by atoms with Crippen molar-refractivity contribution in [3.63, 3.8) is 0 Å². The molecule has 0 spiro atoms. The van der Waals surface area contributed by atoms with Crippen molar-refractivity contribution in [2.75, 3.05) is 25.7 Å². The van der Waals surface area contributed by atoms with E-state index in [1.54, 1.807) is 20.4 Å². The Hall–Kier alpha value is -2.50. The summed E-state index contributed by atoms with van der Waals surface area (Å²) in [5, 5.41) is 0. The Morgan fingerprint density at radius 1 is 1.11 bits per heavy atom. The molecule has 19 heavy (non-hydrogen) atoms. The molecule has 0 atom stereocenters. The Kier molecular flexibility index (Phi) is 3.70. The number of ether oxygens (including phenoxy) is 2. The molecule has 0 radical (unpaired) electrons. The van der Waals surface area contributed by atoms with Crippen LogP contribution in [0.3, 0.4) is 0 Å². The number of nitrogens with two attached hydrogens (primary N) is 2. The zero-order valence-corrected chi connectivity index (χ0v) is 10.9. The largest absolute Gasteiger partial charge is 0.496 e. The van der Waals surface area contributed by atoms with Gasteiger partial charge in [0.05, 0.1) is 14.2 Å². The number of hydrogen-bond donors (Lipinski definition) is 2. The SMILES string of the molecule is COc1cccc(OC)c1Cc1cnc(N)nc1N. The molecular formula is C13H16N4O2. The summed E-state index contributed by atoms with van der Waals surface area (Å²) in [5.41, 5.74) is 13.0. The minimum atomic E-state index is 0.160. The summed E-state index contributed by atoms with van der Waals surface area (Å²) in [6, 6.07) is 5.60. The summed E-state index contributed by atoms with van der Waals surface area (Å²) in [4.78, 5) is 7.90. The van der Waals surface area contributed by atoms with Crippen molar-refractivity contribution in [2.24, 2.45) is 0 Å². The van der Waals surface area contributed by atoms with Gasteiger partial charge in [-0.25, -0.2) is 4.98 Å². The van der Waals surface area contributed by atoms with Crippen molar-refractivity contribution in [1.29, 1.82) is 0 Å². The van der Waals surface area contributed by atoms with Gasteiger partial charge in [-0.05, 0) is 12.1 Å². The summed E-state index contributed by atoms with van der Waals surface area (Å²) < 4.78 is 10.7. The smallest absolute Gasteiger partial charge is 0.221 e. The van der Waals surface area contributed by atoms with E-state index in [0.29, 0.717) is 12.2 Å². The monoisotopic (exact) mass is 260 g/mol. The Morgan fingerprint density at radius 3 is 2.26 bits per heavy atom. The van der Waals surface area contributed by atoms with Crippen molar-refractivity contribution < 1.29 is 9.47 Å². The molecule has 6 nitrogen and oxygen atoms in total. The predicted octanol–water partition coefficient (Wildman–Crippen LogP) is 1.25. The van der Waals surface area contributed by atoms with E-state index in [2.05, 4.69) is 9.97 Å². The fourth-order valence-corrected chi connectivity index (χ4v) is 1.86. The van der Waals surface area contributed by atoms with Crippen LogP contribution < -0.4 is 20.9 Å². The lowest BCUT2D eigenvalue weighted by atomic mass is 10.0. The Labute approximate surface area is 111 Å². The van der Waals surface area contributed by atoms with Crippen LogP contribution >= 0.6 is 0 Å². The number of aromatic nitrogens is 2. The van der Waals surface area contributed by atoms with Crippen LogP contribution in [0.5, 0.6) is 11.5 Å². The molecule has 0 saturated heterocycles. The zero-order chi connectivity index (χ0) is 13.8. The molecule has 0 aliphatic carbocycles. The first kappa shape index (κ1) is 12.9. The van der Waals surface area contributed by atoms with Gasteiger partial charge >= 0.3 is 0 Å². The van der Waals surface area contributed by atoms with Gasteiger partial charge in [0.2, 0.25) is 5.95 Å². The molecule has 0 amide bonds. The molecule has 0 aliphatic heterocycles. The third-order valence-electron chi connectivity index (χ3n) is 2.81. The molecule has 2 aromatic rings. The van der Waals surface area contributed by atoms with Gasteiger partial charge in [0.1, 0.15) is 17.3 Å². The quantitative estimate of drug-likeness (QED) is 0.858. The summed E-state index contributed by atoms with van der Waals surface area (Å²) in [5.74, 6) is 1.99. The van der Waals surface area contributed by atoms with E-state index in [1.165, 1.54) is 0 Å². The van der Waals surface area contributed by atoms with Crippen LogP contribution in [0.15, 0.2) is 24.4 Å². The molecule has 100 valence electrons. The van der Waals surface area contributed by atoms with E-state index in [-0.39, 0.29) is 5.95 Å². The van der Waals surface area contributed by atoms with Gasteiger partial charge in [0, 0.05) is 23.7 Å². The summed E-state index contributed by atoms with van der Waals surface area (Å²) in [6.45, 7) is 0. The second kappa shape index (κ2) is 5.43. The lowest BCUT2D eigenvalue weighted by Gasteiger charge is -2.13. The van der Waals surface area contributed by atoms with Crippen molar-refractivity contribution >= 4 is 11.8 Å². The van der Waals surface area contributed by atoms with Crippen LogP contribution in [0, 0.1) is 0 Å². The van der Waals surface area contributed by atoms with Gasteiger partial charge < -0.3 is 20.9 Å². The first-order chi connectivity index (χ1) is 9.15. The van der Waals surface area contributed by atoms with E-state index in [9.17, 15) is 0 Å². The number of nitrogen functional groups attached to an aromatic ring is 2. The average molecular weight is 260 g/mol. The zero-order valence-electron chi connectivity index (χ0n) is 10.9. The van der Waals surface area contributed by atoms with E-state index in [4.69, 9.17) is 20.9 Å². The van der Waals surface area contributed by atoms with E-state index < -0.39 is 0 Å². The van der Waals surface area contributed by atoms with Crippen LogP contribution in [0.25, 0.3) is 0 Å². The second-order valence-electron chi connectivity index (χ2n) is 3.96. The maximum absolute atomic E-state index is 5.84. The maximum Gasteiger partial charge on any atom is 0.221 e. The minimum absolute atomic E-state index is 0.160. The fraction of sp³-hybridized carbons (Fsp3) is 0.231. The van der Waals surface area contributed by atoms with Gasteiger partial charge in [-0.2, -0.15) is 4.98 Å². The lowest BCUT2D eigenvalue weighted by molar-refractivity contribution is 0.387. The topological polar surface area (TPSA) is 96.3 Å². The first-order valence-electron chi connectivity index (χ1n) is 5.72. The average Bonchev–Trinajstić information content (AvgIpc) is 2.42. The minimum Gasteiger partial charge on any atom is -0.496 e. The molecule has 0 saturated carbocycles. The van der Waals surface area contributed by atoms with Crippen LogP contribution in [-0.4, -0.2) is 24.2 Å². The van der Waals surface area contributed by atoms with Crippen LogP contribution in [0.2, 0.25) is 0 Å². The normalized spacial score (nSPS) is 10.2. The number of rotatable bonds is 4. The summed E-state index contributed by atoms with van der Waals surface area (Å²) in [7, 11) is 3.22. The number of benzene rings is 1. The number of methoxy groups -OCH3 is 2. The number of nitrogens with zero attached hydrogens (tertiary/aromatic N) is 2. The molecule has 0 aliphatic rings. The molecule has 6 heteroatoms. The van der Waals surface area contributed by atoms with Gasteiger partial charge in [-0.3, -0.25) is 0 Å². The standard InChI is InChI=1S/C13H16N4O2/c1-18-10-4-3-5-11(19-2)9(10)6-8-7-16-13(15)17-12(8)14/h3-5,7H,6H2,1-2H3,(H4,14,15,16,17). The van der Waals surface area contributed by atoms with Gasteiger partial charge in [0.25, 0.3) is 0 Å². The highest BCUT2D eigenvalue weighted by Gasteiger charge is 2.13. The van der Waals surface area contributed by atoms with Crippen molar-refractivity contribution in [3.05, 3.63) is 35.5 Å². The molecule has 0 fully saturated rings. The van der Waals surface area contributed by atoms with Crippen molar-refractivity contribution in [3.8, 4) is 11.5 Å². The highest BCUT2D eigenvalue weighted by atomic mass is 16.5. The molecule has 2 rings (SSSR count). The molecule has 0 unspecified atom stereocenters. The van der Waals surface area contributed by atoms with Crippen molar-refractivity contribution in [2.45, 2.75) is 6.42 Å². The lowest BCUT2D eigenvalue weighted by Crippen LogP contribution is -2.05. The highest BCUT2D eigenvalue weighted by molar-refractivity contribution is 5.51. The number of hydrogen-bond acceptors (Lipinski definition) is 6. The van der Waals surface area contributed by atoms with Gasteiger partial charge in [-0.15, -0.1) is 0 Å². The third kappa shape index (κ3) is 2.67. The molecular weight excluding hydrogens is 244 g/mol. The van der Waals surface area contributed by atoms with Crippen LogP contribution in [-0.2, 0) is 6.42 Å². The van der Waals surface area contributed by atoms with Crippen LogP contribution in [0.4, 0.5) is 11.8 Å². The fourth-order valence-electron chi connectivity index (χ4n) is 1.86. The Morgan fingerprint density at radius 2 is 1.74 bits per heavy atom. The summed E-state index contributed by atoms with van der Waals surface area (Å²) >= 11 is 0. The molecule has 1 heterocycles. The first-order valence-corrected chi connectivity index (χ1v) is 5.72. The molecule has 4 N–H and O–H groups in total. The Bertz CT molecular complexity index is 565. The van der Waals surface area contributed by atoms with Crippen LogP contribution in [0.1, 0.15) is 11.1 Å². The van der Waals surface area contributed by atoms with Crippen molar-refractivity contribution in [1.82, 2.24) is 9.97 Å². The predicted molar refractivity (Wildman–Crippen MR) is 73.2 cm³/mol. The molecule has 1 aromatic heterocycles. The molecule has 1 aromatic carbocycles.